The molecule has 2 rings (SSSR count). The number of benzene rings is 1. The normalized spacial score (nSPS) is 12.5. The SMILES string of the molecule is NC(CCCNCc1ccc(Cl)s1)c1ccccc1. The van der Waals surface area contributed by atoms with Crippen LogP contribution >= 0.6 is 22.9 Å². The van der Waals surface area contributed by atoms with E-state index >= 15 is 0 Å². The number of nitrogens with one attached hydrogen (secondary N) is 1. The lowest BCUT2D eigenvalue weighted by Crippen LogP contribution is -2.17. The van der Waals surface area contributed by atoms with Crippen molar-refractivity contribution in [2.45, 2.75) is 25.4 Å². The monoisotopic (exact) mass is 294 g/mol. The minimum Gasteiger partial charge on any atom is -0.324 e. The number of hydrogen-bond donors (Lipinski definition) is 2. The van der Waals surface area contributed by atoms with Crippen LogP contribution in [0.1, 0.15) is 29.3 Å². The van der Waals surface area contributed by atoms with Gasteiger partial charge in [-0.3, -0.25) is 0 Å². The zero-order valence-electron chi connectivity index (χ0n) is 10.8. The molecule has 1 aromatic carbocycles. The summed E-state index contributed by atoms with van der Waals surface area (Å²) in [6.45, 7) is 1.87. The van der Waals surface area contributed by atoms with Crippen LogP contribution in [0.15, 0.2) is 42.5 Å². The van der Waals surface area contributed by atoms with E-state index < -0.39 is 0 Å². The Morgan fingerprint density at radius 1 is 1.16 bits per heavy atom. The average molecular weight is 295 g/mol. The van der Waals surface area contributed by atoms with Crippen LogP contribution in [0.25, 0.3) is 0 Å². The van der Waals surface area contributed by atoms with E-state index in [1.165, 1.54) is 10.4 Å². The Morgan fingerprint density at radius 2 is 1.95 bits per heavy atom. The van der Waals surface area contributed by atoms with E-state index in [9.17, 15) is 0 Å². The van der Waals surface area contributed by atoms with Crippen LogP contribution in [0.5, 0.6) is 0 Å². The molecule has 0 aliphatic carbocycles. The zero-order valence-corrected chi connectivity index (χ0v) is 12.4. The molecule has 0 amide bonds. The number of rotatable bonds is 7. The molecule has 4 heteroatoms. The summed E-state index contributed by atoms with van der Waals surface area (Å²) in [4.78, 5) is 1.28. The highest BCUT2D eigenvalue weighted by Crippen LogP contribution is 2.21. The number of nitrogens with two attached hydrogens (primary N) is 1. The highest BCUT2D eigenvalue weighted by Gasteiger charge is 2.04. The van der Waals surface area contributed by atoms with Crippen molar-refractivity contribution in [1.82, 2.24) is 5.32 Å². The predicted octanol–water partition coefficient (Wildman–Crippen LogP) is 3.97. The summed E-state index contributed by atoms with van der Waals surface area (Å²) in [6, 6.07) is 14.4. The van der Waals surface area contributed by atoms with Gasteiger partial charge in [0, 0.05) is 17.5 Å². The molecule has 1 unspecified atom stereocenters. The Kier molecular flexibility index (Phi) is 5.86. The third-order valence-electron chi connectivity index (χ3n) is 3.02. The van der Waals surface area contributed by atoms with Gasteiger partial charge in [-0.05, 0) is 37.1 Å². The van der Waals surface area contributed by atoms with E-state index in [-0.39, 0.29) is 6.04 Å². The molecule has 0 radical (unpaired) electrons. The molecule has 2 nitrogen and oxygen atoms in total. The highest BCUT2D eigenvalue weighted by molar-refractivity contribution is 7.16. The summed E-state index contributed by atoms with van der Waals surface area (Å²) in [5.74, 6) is 0. The van der Waals surface area contributed by atoms with Crippen molar-refractivity contribution >= 4 is 22.9 Å². The summed E-state index contributed by atoms with van der Waals surface area (Å²) in [5.41, 5.74) is 7.36. The second kappa shape index (κ2) is 7.65. The molecule has 1 aromatic heterocycles. The van der Waals surface area contributed by atoms with Crippen LogP contribution < -0.4 is 11.1 Å². The van der Waals surface area contributed by atoms with Gasteiger partial charge in [0.15, 0.2) is 0 Å². The van der Waals surface area contributed by atoms with E-state index in [0.29, 0.717) is 0 Å². The van der Waals surface area contributed by atoms with Crippen molar-refractivity contribution in [2.24, 2.45) is 5.73 Å². The maximum absolute atomic E-state index is 6.15. The van der Waals surface area contributed by atoms with E-state index in [2.05, 4.69) is 23.5 Å². The molecule has 0 aliphatic rings. The Hall–Kier alpha value is -0.870. The molecule has 2 aromatic rings. The van der Waals surface area contributed by atoms with Crippen LogP contribution in [0.2, 0.25) is 4.34 Å². The van der Waals surface area contributed by atoms with Crippen LogP contribution in [0, 0.1) is 0 Å². The maximum Gasteiger partial charge on any atom is 0.0931 e. The number of hydrogen-bond acceptors (Lipinski definition) is 3. The summed E-state index contributed by atoms with van der Waals surface area (Å²) in [6.07, 6.45) is 2.08. The van der Waals surface area contributed by atoms with Crippen molar-refractivity contribution in [3.63, 3.8) is 0 Å². The molecule has 19 heavy (non-hydrogen) atoms. The fraction of sp³-hybridized carbons (Fsp3) is 0.333. The smallest absolute Gasteiger partial charge is 0.0931 e. The van der Waals surface area contributed by atoms with Gasteiger partial charge in [-0.1, -0.05) is 41.9 Å². The number of halogens is 1. The molecular formula is C15H19ClN2S. The van der Waals surface area contributed by atoms with Gasteiger partial charge in [-0.25, -0.2) is 0 Å². The molecule has 1 atom stereocenters. The van der Waals surface area contributed by atoms with E-state index in [1.54, 1.807) is 11.3 Å². The van der Waals surface area contributed by atoms with Crippen LogP contribution in [0.4, 0.5) is 0 Å². The molecule has 0 fully saturated rings. The quantitative estimate of drug-likeness (QED) is 0.758. The molecule has 0 spiro atoms. The second-order valence-electron chi connectivity index (χ2n) is 4.54. The third kappa shape index (κ3) is 4.96. The fourth-order valence-electron chi connectivity index (χ4n) is 1.97. The van der Waals surface area contributed by atoms with Gasteiger partial charge in [-0.15, -0.1) is 11.3 Å². The van der Waals surface area contributed by atoms with Crippen molar-refractivity contribution in [1.29, 1.82) is 0 Å². The molecular weight excluding hydrogens is 276 g/mol. The van der Waals surface area contributed by atoms with Crippen molar-refractivity contribution in [2.75, 3.05) is 6.54 Å². The van der Waals surface area contributed by atoms with Crippen molar-refractivity contribution in [3.05, 3.63) is 57.2 Å². The summed E-state index contributed by atoms with van der Waals surface area (Å²) < 4.78 is 0.850. The Morgan fingerprint density at radius 3 is 2.63 bits per heavy atom. The highest BCUT2D eigenvalue weighted by atomic mass is 35.5. The van der Waals surface area contributed by atoms with Gasteiger partial charge in [0.05, 0.1) is 4.34 Å². The first kappa shape index (κ1) is 14.5. The fourth-order valence-corrected chi connectivity index (χ4v) is 3.03. The zero-order chi connectivity index (χ0) is 13.5. The molecule has 3 N–H and O–H groups in total. The van der Waals surface area contributed by atoms with Crippen molar-refractivity contribution < 1.29 is 0 Å². The predicted molar refractivity (Wildman–Crippen MR) is 83.6 cm³/mol. The third-order valence-corrected chi connectivity index (χ3v) is 4.26. The van der Waals surface area contributed by atoms with Crippen LogP contribution in [0.3, 0.4) is 0 Å². The maximum atomic E-state index is 6.15. The second-order valence-corrected chi connectivity index (χ2v) is 6.34. The van der Waals surface area contributed by atoms with E-state index in [1.807, 2.05) is 24.3 Å². The molecule has 0 bridgehead atoms. The standard InChI is InChI=1S/C15H19ClN2S/c16-15-9-8-13(19-15)11-18-10-4-7-14(17)12-5-2-1-3-6-12/h1-3,5-6,8-9,14,18H,4,7,10-11,17H2. The summed E-state index contributed by atoms with van der Waals surface area (Å²) in [5, 5.41) is 3.42. The van der Waals surface area contributed by atoms with Gasteiger partial charge in [0.1, 0.15) is 0 Å². The average Bonchev–Trinajstić information content (AvgIpc) is 2.85. The lowest BCUT2D eigenvalue weighted by atomic mass is 10.0. The van der Waals surface area contributed by atoms with Gasteiger partial charge in [-0.2, -0.15) is 0 Å². The first-order valence-corrected chi connectivity index (χ1v) is 7.70. The summed E-state index contributed by atoms with van der Waals surface area (Å²) >= 11 is 7.51. The van der Waals surface area contributed by atoms with Gasteiger partial charge in [0.2, 0.25) is 0 Å². The van der Waals surface area contributed by atoms with E-state index in [0.717, 1.165) is 30.3 Å². The van der Waals surface area contributed by atoms with Gasteiger partial charge >= 0.3 is 0 Å². The Balaban J connectivity index is 1.62. The minimum absolute atomic E-state index is 0.138. The largest absolute Gasteiger partial charge is 0.324 e. The number of thiophene rings is 1. The molecule has 0 saturated carbocycles. The topological polar surface area (TPSA) is 38.0 Å². The minimum atomic E-state index is 0.138. The van der Waals surface area contributed by atoms with E-state index in [4.69, 9.17) is 17.3 Å². The van der Waals surface area contributed by atoms with Gasteiger partial charge in [0.25, 0.3) is 0 Å². The van der Waals surface area contributed by atoms with Crippen LogP contribution in [-0.4, -0.2) is 6.54 Å². The first-order valence-electron chi connectivity index (χ1n) is 6.51. The van der Waals surface area contributed by atoms with Crippen LogP contribution in [-0.2, 0) is 6.54 Å². The molecule has 102 valence electrons. The van der Waals surface area contributed by atoms with Crippen molar-refractivity contribution in [3.8, 4) is 0 Å². The summed E-state index contributed by atoms with van der Waals surface area (Å²) in [7, 11) is 0. The molecule has 0 aliphatic heterocycles. The Labute approximate surface area is 123 Å². The molecule has 1 heterocycles. The lowest BCUT2D eigenvalue weighted by Gasteiger charge is -2.11. The lowest BCUT2D eigenvalue weighted by molar-refractivity contribution is 0.568. The molecule has 0 saturated heterocycles. The Bertz CT molecular complexity index is 484. The van der Waals surface area contributed by atoms with Gasteiger partial charge < -0.3 is 11.1 Å². The first-order chi connectivity index (χ1) is 9.25.